The Kier molecular flexibility index (Phi) is 4.30. The predicted octanol–water partition coefficient (Wildman–Crippen LogP) is 4.68. The molecule has 0 bridgehead atoms. The summed E-state index contributed by atoms with van der Waals surface area (Å²) in [6.07, 6.45) is 2.64. The van der Waals surface area contributed by atoms with Crippen LogP contribution in [0.4, 0.5) is 0 Å². The molecular formula is C12H12BrCl2N3. The molecule has 0 aliphatic heterocycles. The molecule has 2 rings (SSSR count). The van der Waals surface area contributed by atoms with E-state index in [9.17, 15) is 0 Å². The van der Waals surface area contributed by atoms with Crippen LogP contribution in [0.25, 0.3) is 5.69 Å². The molecule has 6 heteroatoms. The number of halogens is 3. The molecule has 0 radical (unpaired) electrons. The number of hydrogen-bond donors (Lipinski definition) is 0. The Bertz CT molecular complexity index is 568. The summed E-state index contributed by atoms with van der Waals surface area (Å²) in [6.45, 7) is 3.96. The number of alkyl halides is 1. The maximum Gasteiger partial charge on any atom is 0.101 e. The normalized spacial score (nSPS) is 12.7. The minimum atomic E-state index is -0.113. The topological polar surface area (TPSA) is 30.7 Å². The van der Waals surface area contributed by atoms with E-state index in [4.69, 9.17) is 23.2 Å². The third-order valence-corrected chi connectivity index (χ3v) is 4.24. The van der Waals surface area contributed by atoms with Gasteiger partial charge in [-0.3, -0.25) is 0 Å². The fourth-order valence-electron chi connectivity index (χ4n) is 1.56. The van der Waals surface area contributed by atoms with E-state index in [1.807, 2.05) is 32.2 Å². The van der Waals surface area contributed by atoms with Gasteiger partial charge >= 0.3 is 0 Å². The van der Waals surface area contributed by atoms with Crippen LogP contribution in [0.3, 0.4) is 0 Å². The fourth-order valence-corrected chi connectivity index (χ4v) is 2.46. The second-order valence-electron chi connectivity index (χ2n) is 4.02. The van der Waals surface area contributed by atoms with Gasteiger partial charge in [-0.15, -0.1) is 16.7 Å². The van der Waals surface area contributed by atoms with Crippen molar-refractivity contribution >= 4 is 39.1 Å². The summed E-state index contributed by atoms with van der Waals surface area (Å²) >= 11 is 15.8. The monoisotopic (exact) mass is 347 g/mol. The highest BCUT2D eigenvalue weighted by Crippen LogP contribution is 2.29. The number of hydrogen-bond acceptors (Lipinski definition) is 2. The van der Waals surface area contributed by atoms with Gasteiger partial charge in [0, 0.05) is 9.50 Å². The van der Waals surface area contributed by atoms with Crippen molar-refractivity contribution in [1.82, 2.24) is 15.0 Å². The molecule has 0 aliphatic rings. The van der Waals surface area contributed by atoms with Crippen LogP contribution in [0.15, 0.2) is 22.8 Å². The Hall–Kier alpha value is -0.580. The number of nitrogens with zero attached hydrogens (tertiary/aromatic N) is 3. The van der Waals surface area contributed by atoms with Gasteiger partial charge in [0.25, 0.3) is 0 Å². The number of aryl methyl sites for hydroxylation is 1. The minimum absolute atomic E-state index is 0.113. The molecule has 1 unspecified atom stereocenters. The second kappa shape index (κ2) is 5.59. The van der Waals surface area contributed by atoms with E-state index in [0.29, 0.717) is 5.02 Å². The molecule has 0 fully saturated rings. The highest BCUT2D eigenvalue weighted by atomic mass is 79.9. The van der Waals surface area contributed by atoms with Gasteiger partial charge in [-0.25, -0.2) is 4.68 Å². The molecule has 18 heavy (non-hydrogen) atoms. The van der Waals surface area contributed by atoms with E-state index >= 15 is 0 Å². The van der Waals surface area contributed by atoms with Crippen molar-refractivity contribution in [3.05, 3.63) is 39.1 Å². The van der Waals surface area contributed by atoms with Crippen LogP contribution >= 0.6 is 39.1 Å². The van der Waals surface area contributed by atoms with Crippen LogP contribution in [-0.4, -0.2) is 15.0 Å². The SMILES string of the molecule is CCC(Cl)c1cn(-c2cc(Cl)c(C)cc2Br)nn1. The highest BCUT2D eigenvalue weighted by molar-refractivity contribution is 9.10. The molecule has 1 atom stereocenters. The summed E-state index contributed by atoms with van der Waals surface area (Å²) in [6, 6.07) is 3.81. The standard InChI is InChI=1S/C12H12BrCl2N3/c1-3-9(14)11-6-18(17-16-11)12-5-10(15)7(2)4-8(12)13/h4-6,9H,3H2,1-2H3. The summed E-state index contributed by atoms with van der Waals surface area (Å²) in [5, 5.41) is 8.74. The van der Waals surface area contributed by atoms with Gasteiger partial charge in [0.1, 0.15) is 5.69 Å². The van der Waals surface area contributed by atoms with E-state index in [2.05, 4.69) is 26.2 Å². The fraction of sp³-hybridized carbons (Fsp3) is 0.333. The first-order valence-corrected chi connectivity index (χ1v) is 7.16. The average molecular weight is 349 g/mol. The molecule has 0 spiro atoms. The first-order valence-electron chi connectivity index (χ1n) is 5.55. The maximum atomic E-state index is 6.13. The second-order valence-corrected chi connectivity index (χ2v) is 5.80. The molecule has 1 aromatic carbocycles. The Labute approximate surface area is 124 Å². The molecule has 0 aliphatic carbocycles. The van der Waals surface area contributed by atoms with E-state index < -0.39 is 0 Å². The molecule has 0 amide bonds. The summed E-state index contributed by atoms with van der Waals surface area (Å²) in [4.78, 5) is 0. The van der Waals surface area contributed by atoms with Crippen LogP contribution in [0.5, 0.6) is 0 Å². The largest absolute Gasteiger partial charge is 0.219 e. The minimum Gasteiger partial charge on any atom is -0.219 e. The van der Waals surface area contributed by atoms with Crippen LogP contribution in [0, 0.1) is 6.92 Å². The van der Waals surface area contributed by atoms with Crippen molar-refractivity contribution in [1.29, 1.82) is 0 Å². The molecule has 3 nitrogen and oxygen atoms in total. The third kappa shape index (κ3) is 2.71. The Morgan fingerprint density at radius 2 is 2.17 bits per heavy atom. The smallest absolute Gasteiger partial charge is 0.101 e. The summed E-state index contributed by atoms with van der Waals surface area (Å²) in [7, 11) is 0. The van der Waals surface area contributed by atoms with Gasteiger partial charge in [0.15, 0.2) is 0 Å². The average Bonchev–Trinajstić information content (AvgIpc) is 2.82. The maximum absolute atomic E-state index is 6.13. The van der Waals surface area contributed by atoms with Crippen LogP contribution in [-0.2, 0) is 0 Å². The van der Waals surface area contributed by atoms with Gasteiger partial charge < -0.3 is 0 Å². The zero-order valence-corrected chi connectivity index (χ0v) is 13.1. The third-order valence-electron chi connectivity index (χ3n) is 2.67. The lowest BCUT2D eigenvalue weighted by Gasteiger charge is -2.06. The number of aromatic nitrogens is 3. The molecule has 1 aromatic heterocycles. The lowest BCUT2D eigenvalue weighted by atomic mass is 10.2. The van der Waals surface area contributed by atoms with Gasteiger partial charge in [-0.05, 0) is 47.0 Å². The van der Waals surface area contributed by atoms with Crippen molar-refractivity contribution in [3.8, 4) is 5.69 Å². The summed E-state index contributed by atoms with van der Waals surface area (Å²) in [5.41, 5.74) is 2.63. The zero-order valence-electron chi connectivity index (χ0n) is 9.99. The van der Waals surface area contributed by atoms with Crippen LogP contribution in [0.2, 0.25) is 5.02 Å². The Balaban J connectivity index is 2.43. The number of rotatable bonds is 3. The molecule has 96 valence electrons. The van der Waals surface area contributed by atoms with Gasteiger partial charge in [0.2, 0.25) is 0 Å². The van der Waals surface area contributed by atoms with Crippen molar-refractivity contribution in [2.75, 3.05) is 0 Å². The molecule has 0 N–H and O–H groups in total. The lowest BCUT2D eigenvalue weighted by Crippen LogP contribution is -1.97. The number of benzene rings is 1. The molecule has 0 saturated heterocycles. The summed E-state index contributed by atoms with van der Waals surface area (Å²) in [5.74, 6) is 0. The lowest BCUT2D eigenvalue weighted by molar-refractivity contribution is 0.783. The van der Waals surface area contributed by atoms with E-state index in [1.165, 1.54) is 0 Å². The first-order chi connectivity index (χ1) is 8.52. The Morgan fingerprint density at radius 1 is 1.44 bits per heavy atom. The predicted molar refractivity (Wildman–Crippen MR) is 77.7 cm³/mol. The first kappa shape index (κ1) is 13.8. The summed E-state index contributed by atoms with van der Waals surface area (Å²) < 4.78 is 2.60. The quantitative estimate of drug-likeness (QED) is 0.754. The van der Waals surface area contributed by atoms with Gasteiger partial charge in [-0.2, -0.15) is 0 Å². The van der Waals surface area contributed by atoms with Crippen LogP contribution < -0.4 is 0 Å². The van der Waals surface area contributed by atoms with E-state index in [-0.39, 0.29) is 5.38 Å². The zero-order chi connectivity index (χ0) is 13.3. The Morgan fingerprint density at radius 3 is 2.83 bits per heavy atom. The van der Waals surface area contributed by atoms with Gasteiger partial charge in [-0.1, -0.05) is 23.7 Å². The van der Waals surface area contributed by atoms with Gasteiger partial charge in [0.05, 0.1) is 17.3 Å². The van der Waals surface area contributed by atoms with Crippen molar-refractivity contribution in [2.45, 2.75) is 25.6 Å². The molecular weight excluding hydrogens is 337 g/mol. The van der Waals surface area contributed by atoms with Crippen molar-refractivity contribution in [2.24, 2.45) is 0 Å². The highest BCUT2D eigenvalue weighted by Gasteiger charge is 2.13. The van der Waals surface area contributed by atoms with Crippen molar-refractivity contribution in [3.63, 3.8) is 0 Å². The van der Waals surface area contributed by atoms with Crippen molar-refractivity contribution < 1.29 is 0 Å². The van der Waals surface area contributed by atoms with Crippen LogP contribution in [0.1, 0.15) is 30.0 Å². The van der Waals surface area contributed by atoms with E-state index in [1.54, 1.807) is 4.68 Å². The molecule has 1 heterocycles. The molecule has 2 aromatic rings. The molecule has 0 saturated carbocycles. The van der Waals surface area contributed by atoms with E-state index in [0.717, 1.165) is 27.8 Å².